The molecule has 0 aromatic heterocycles. The number of benzene rings is 1. The van der Waals surface area contributed by atoms with Gasteiger partial charge in [0.25, 0.3) is 0 Å². The minimum Gasteiger partial charge on any atom is -0.497 e. The van der Waals surface area contributed by atoms with E-state index < -0.39 is 17.8 Å². The van der Waals surface area contributed by atoms with Gasteiger partial charge in [-0.15, -0.1) is 0 Å². The molecule has 1 aromatic carbocycles. The van der Waals surface area contributed by atoms with E-state index in [1.54, 1.807) is 0 Å². The number of hydrogen-bond donors (Lipinski definition) is 2. The number of rotatable bonds is 3. The lowest BCUT2D eigenvalue weighted by atomic mass is 10.1. The van der Waals surface area contributed by atoms with Gasteiger partial charge in [0.1, 0.15) is 17.6 Å². The first-order valence-corrected chi connectivity index (χ1v) is 3.94. The summed E-state index contributed by atoms with van der Waals surface area (Å²) in [6, 6.07) is 2.92. The summed E-state index contributed by atoms with van der Waals surface area (Å²) in [4.78, 5) is 10.7. The Balaban J connectivity index is 3.05. The van der Waals surface area contributed by atoms with Crippen LogP contribution in [0.3, 0.4) is 0 Å². The summed E-state index contributed by atoms with van der Waals surface area (Å²) in [6.07, 6.45) is 0. The molecular weight excluding hydrogens is 187 g/mol. The summed E-state index contributed by atoms with van der Waals surface area (Å²) >= 11 is 0. The Labute approximate surface area is 80.6 Å². The molecule has 0 aliphatic rings. The highest BCUT2D eigenvalue weighted by molar-refractivity contribution is 5.81. The summed E-state index contributed by atoms with van der Waals surface area (Å²) in [5.74, 6) is -1.01. The second-order valence-electron chi connectivity index (χ2n) is 2.77. The molecule has 0 saturated heterocycles. The normalized spacial score (nSPS) is 12.2. The molecule has 1 aromatic rings. The lowest BCUT2D eigenvalue weighted by molar-refractivity contribution is -0.119. The number of methoxy groups -OCH3 is 1. The third-order valence-electron chi connectivity index (χ3n) is 1.85. The fourth-order valence-corrected chi connectivity index (χ4v) is 1.04. The van der Waals surface area contributed by atoms with Crippen molar-refractivity contribution in [3.05, 3.63) is 29.6 Å². The predicted molar refractivity (Wildman–Crippen MR) is 49.1 cm³/mol. The van der Waals surface area contributed by atoms with E-state index in [-0.39, 0.29) is 5.56 Å². The first-order chi connectivity index (χ1) is 6.56. The standard InChI is InChI=1S/C9H11FN2O2/c1-14-5-2-3-6(7(10)4-5)8(11)9(12)13/h2-4,8H,11H2,1H3,(H2,12,13). The summed E-state index contributed by atoms with van der Waals surface area (Å²) < 4.78 is 18.1. The van der Waals surface area contributed by atoms with Crippen molar-refractivity contribution in [3.8, 4) is 5.75 Å². The first-order valence-electron chi connectivity index (χ1n) is 3.94. The van der Waals surface area contributed by atoms with Gasteiger partial charge in [0.2, 0.25) is 5.91 Å². The largest absolute Gasteiger partial charge is 0.497 e. The second-order valence-corrected chi connectivity index (χ2v) is 2.77. The molecule has 0 spiro atoms. The molecule has 0 saturated carbocycles. The number of carbonyl (C=O) groups is 1. The van der Waals surface area contributed by atoms with Gasteiger partial charge in [-0.1, -0.05) is 6.07 Å². The molecule has 76 valence electrons. The van der Waals surface area contributed by atoms with Gasteiger partial charge in [0.05, 0.1) is 7.11 Å². The van der Waals surface area contributed by atoms with E-state index in [4.69, 9.17) is 16.2 Å². The van der Waals surface area contributed by atoms with Crippen LogP contribution in [0.2, 0.25) is 0 Å². The highest BCUT2D eigenvalue weighted by atomic mass is 19.1. The first kappa shape index (κ1) is 10.5. The highest BCUT2D eigenvalue weighted by Crippen LogP contribution is 2.20. The highest BCUT2D eigenvalue weighted by Gasteiger charge is 2.16. The van der Waals surface area contributed by atoms with Crippen LogP contribution < -0.4 is 16.2 Å². The SMILES string of the molecule is COc1ccc(C(N)C(N)=O)c(F)c1. The van der Waals surface area contributed by atoms with E-state index in [2.05, 4.69) is 0 Å². The summed E-state index contributed by atoms with van der Waals surface area (Å²) in [5.41, 5.74) is 10.4. The van der Waals surface area contributed by atoms with Gasteiger partial charge in [-0.25, -0.2) is 4.39 Å². The average molecular weight is 198 g/mol. The van der Waals surface area contributed by atoms with Crippen molar-refractivity contribution < 1.29 is 13.9 Å². The van der Waals surface area contributed by atoms with E-state index >= 15 is 0 Å². The Hall–Kier alpha value is -1.62. The van der Waals surface area contributed by atoms with Crippen LogP contribution >= 0.6 is 0 Å². The third kappa shape index (κ3) is 2.00. The van der Waals surface area contributed by atoms with Gasteiger partial charge in [-0.3, -0.25) is 4.79 Å². The zero-order valence-corrected chi connectivity index (χ0v) is 7.66. The monoisotopic (exact) mass is 198 g/mol. The second kappa shape index (κ2) is 4.06. The van der Waals surface area contributed by atoms with Crippen molar-refractivity contribution in [2.75, 3.05) is 7.11 Å². The quantitative estimate of drug-likeness (QED) is 0.734. The molecule has 0 bridgehead atoms. The number of primary amides is 1. The Kier molecular flexibility index (Phi) is 3.03. The number of ether oxygens (including phenoxy) is 1. The van der Waals surface area contributed by atoms with Crippen LogP contribution in [0.5, 0.6) is 5.75 Å². The van der Waals surface area contributed by atoms with Crippen molar-refractivity contribution in [2.24, 2.45) is 11.5 Å². The van der Waals surface area contributed by atoms with Crippen molar-refractivity contribution in [1.29, 1.82) is 0 Å². The van der Waals surface area contributed by atoms with Crippen LogP contribution in [0.4, 0.5) is 4.39 Å². The van der Waals surface area contributed by atoms with Crippen molar-refractivity contribution in [3.63, 3.8) is 0 Å². The Morgan fingerprint density at radius 1 is 1.57 bits per heavy atom. The van der Waals surface area contributed by atoms with Crippen LogP contribution in [0.25, 0.3) is 0 Å². The third-order valence-corrected chi connectivity index (χ3v) is 1.85. The van der Waals surface area contributed by atoms with Gasteiger partial charge in [0.15, 0.2) is 0 Å². The maximum atomic E-state index is 13.3. The summed E-state index contributed by atoms with van der Waals surface area (Å²) in [7, 11) is 1.42. The molecule has 0 heterocycles. The summed E-state index contributed by atoms with van der Waals surface area (Å²) in [6.45, 7) is 0. The minimum atomic E-state index is -1.12. The van der Waals surface area contributed by atoms with E-state index in [9.17, 15) is 9.18 Å². The Morgan fingerprint density at radius 3 is 2.64 bits per heavy atom. The Morgan fingerprint density at radius 2 is 2.21 bits per heavy atom. The molecule has 0 radical (unpaired) electrons. The molecule has 0 aliphatic heterocycles. The maximum absolute atomic E-state index is 13.3. The molecule has 0 fully saturated rings. The van der Waals surface area contributed by atoms with E-state index in [0.29, 0.717) is 5.75 Å². The molecule has 1 rings (SSSR count). The topological polar surface area (TPSA) is 78.3 Å². The number of halogens is 1. The Bertz CT molecular complexity index is 355. The zero-order chi connectivity index (χ0) is 10.7. The molecule has 14 heavy (non-hydrogen) atoms. The fraction of sp³-hybridized carbons (Fsp3) is 0.222. The molecule has 0 aliphatic carbocycles. The van der Waals surface area contributed by atoms with Crippen LogP contribution in [0.1, 0.15) is 11.6 Å². The average Bonchev–Trinajstić information content (AvgIpc) is 2.16. The maximum Gasteiger partial charge on any atom is 0.239 e. The number of nitrogens with two attached hydrogens (primary N) is 2. The number of carbonyl (C=O) groups excluding carboxylic acids is 1. The number of hydrogen-bond acceptors (Lipinski definition) is 3. The van der Waals surface area contributed by atoms with Gasteiger partial charge in [-0.05, 0) is 6.07 Å². The van der Waals surface area contributed by atoms with Crippen molar-refractivity contribution in [1.82, 2.24) is 0 Å². The molecule has 4 nitrogen and oxygen atoms in total. The molecule has 1 atom stereocenters. The van der Waals surface area contributed by atoms with Crippen LogP contribution in [0, 0.1) is 5.82 Å². The van der Waals surface area contributed by atoms with Crippen LogP contribution in [-0.4, -0.2) is 13.0 Å². The molecular formula is C9H11FN2O2. The van der Waals surface area contributed by atoms with Gasteiger partial charge in [0, 0.05) is 11.6 Å². The van der Waals surface area contributed by atoms with Crippen LogP contribution in [-0.2, 0) is 4.79 Å². The van der Waals surface area contributed by atoms with E-state index in [1.807, 2.05) is 0 Å². The molecule has 1 unspecified atom stereocenters. The van der Waals surface area contributed by atoms with Gasteiger partial charge in [-0.2, -0.15) is 0 Å². The minimum absolute atomic E-state index is 0.0679. The van der Waals surface area contributed by atoms with Gasteiger partial charge >= 0.3 is 0 Å². The van der Waals surface area contributed by atoms with Crippen LogP contribution in [0.15, 0.2) is 18.2 Å². The predicted octanol–water partition coefficient (Wildman–Crippen LogP) is 0.319. The lowest BCUT2D eigenvalue weighted by Crippen LogP contribution is -2.28. The molecule has 5 heteroatoms. The lowest BCUT2D eigenvalue weighted by Gasteiger charge is -2.09. The van der Waals surface area contributed by atoms with E-state index in [0.717, 1.165) is 6.07 Å². The van der Waals surface area contributed by atoms with Crippen molar-refractivity contribution >= 4 is 5.91 Å². The van der Waals surface area contributed by atoms with E-state index in [1.165, 1.54) is 19.2 Å². The number of amides is 1. The molecule has 4 N–H and O–H groups in total. The molecule has 1 amide bonds. The van der Waals surface area contributed by atoms with Gasteiger partial charge < -0.3 is 16.2 Å². The summed E-state index contributed by atoms with van der Waals surface area (Å²) in [5, 5.41) is 0. The smallest absolute Gasteiger partial charge is 0.239 e. The fourth-order valence-electron chi connectivity index (χ4n) is 1.04. The van der Waals surface area contributed by atoms with Crippen molar-refractivity contribution in [2.45, 2.75) is 6.04 Å². The zero-order valence-electron chi connectivity index (χ0n) is 7.66.